The van der Waals surface area contributed by atoms with Gasteiger partial charge in [0.05, 0.1) is 0 Å². The first-order valence-electron chi connectivity index (χ1n) is 7.08. The summed E-state index contributed by atoms with van der Waals surface area (Å²) in [7, 11) is 1.95. The fourth-order valence-electron chi connectivity index (χ4n) is 1.46. The van der Waals surface area contributed by atoms with Gasteiger partial charge in [0.2, 0.25) is 0 Å². The van der Waals surface area contributed by atoms with Crippen LogP contribution in [0.15, 0.2) is 0 Å². The predicted octanol–water partition coefficient (Wildman–Crippen LogP) is 0.333. The number of hydrogen-bond acceptors (Lipinski definition) is 3. The molecule has 0 saturated carbocycles. The Morgan fingerprint density at radius 1 is 0.850 bits per heavy atom. The molecule has 0 unspecified atom stereocenters. The second-order valence-corrected chi connectivity index (χ2v) is 5.41. The maximum atomic E-state index is 11.3. The molecule has 7 nitrogen and oxygen atoms in total. The van der Waals surface area contributed by atoms with Crippen molar-refractivity contribution < 1.29 is 9.59 Å². The number of nitrogens with one attached hydrogen (secondary N) is 4. The molecule has 0 aliphatic heterocycles. The standard InChI is InChI=1S/C13H29N5O2/c1-10(2)16-12(19)14-6-8-18(5)9-7-15-13(20)17-11(3)4/h10-11H,6-9H2,1-5H3,(H2,14,16,19)(H2,15,17,20). The van der Waals surface area contributed by atoms with E-state index in [-0.39, 0.29) is 24.1 Å². The molecule has 0 aliphatic carbocycles. The third-order valence-corrected chi connectivity index (χ3v) is 2.40. The van der Waals surface area contributed by atoms with Crippen molar-refractivity contribution in [2.24, 2.45) is 0 Å². The van der Waals surface area contributed by atoms with Crippen LogP contribution in [0.2, 0.25) is 0 Å². The first-order chi connectivity index (χ1) is 9.31. The fraction of sp³-hybridized carbons (Fsp3) is 0.846. The summed E-state index contributed by atoms with van der Waals surface area (Å²) in [6.45, 7) is 10.3. The van der Waals surface area contributed by atoms with Crippen molar-refractivity contribution in [3.63, 3.8) is 0 Å². The molecule has 0 fully saturated rings. The minimum Gasteiger partial charge on any atom is -0.337 e. The summed E-state index contributed by atoms with van der Waals surface area (Å²) in [6.07, 6.45) is 0. The maximum Gasteiger partial charge on any atom is 0.315 e. The quantitative estimate of drug-likeness (QED) is 0.519. The smallest absolute Gasteiger partial charge is 0.315 e. The SMILES string of the molecule is CC(C)NC(=O)NCCN(C)CCNC(=O)NC(C)C. The van der Waals surface area contributed by atoms with Gasteiger partial charge in [-0.2, -0.15) is 0 Å². The average molecular weight is 287 g/mol. The molecule has 7 heteroatoms. The number of carbonyl (C=O) groups excluding carboxylic acids is 2. The number of nitrogens with zero attached hydrogens (tertiary/aromatic N) is 1. The highest BCUT2D eigenvalue weighted by atomic mass is 16.2. The number of hydrogen-bond donors (Lipinski definition) is 4. The van der Waals surface area contributed by atoms with E-state index in [0.717, 1.165) is 13.1 Å². The van der Waals surface area contributed by atoms with Crippen LogP contribution < -0.4 is 21.3 Å². The first kappa shape index (κ1) is 18.5. The lowest BCUT2D eigenvalue weighted by molar-refractivity contribution is 0.234. The fourth-order valence-corrected chi connectivity index (χ4v) is 1.46. The average Bonchev–Trinajstić information content (AvgIpc) is 2.26. The summed E-state index contributed by atoms with van der Waals surface area (Å²) in [4.78, 5) is 24.7. The first-order valence-corrected chi connectivity index (χ1v) is 7.08. The molecule has 118 valence electrons. The molecule has 0 aromatic rings. The number of carbonyl (C=O) groups is 2. The van der Waals surface area contributed by atoms with Gasteiger partial charge in [0.25, 0.3) is 0 Å². The Morgan fingerprint density at radius 2 is 1.20 bits per heavy atom. The largest absolute Gasteiger partial charge is 0.337 e. The van der Waals surface area contributed by atoms with E-state index in [1.165, 1.54) is 0 Å². The van der Waals surface area contributed by atoms with Gasteiger partial charge in [-0.1, -0.05) is 0 Å². The molecule has 0 aliphatic rings. The van der Waals surface area contributed by atoms with E-state index in [9.17, 15) is 9.59 Å². The van der Waals surface area contributed by atoms with Crippen molar-refractivity contribution in [3.8, 4) is 0 Å². The van der Waals surface area contributed by atoms with Crippen LogP contribution in [0.3, 0.4) is 0 Å². The van der Waals surface area contributed by atoms with Gasteiger partial charge in [-0.15, -0.1) is 0 Å². The number of likely N-dealkylation sites (N-methyl/N-ethyl adjacent to an activating group) is 1. The molecular formula is C13H29N5O2. The van der Waals surface area contributed by atoms with Gasteiger partial charge in [0.1, 0.15) is 0 Å². The Morgan fingerprint density at radius 3 is 1.50 bits per heavy atom. The highest BCUT2D eigenvalue weighted by Crippen LogP contribution is 1.82. The Balaban J connectivity index is 3.57. The van der Waals surface area contributed by atoms with Crippen LogP contribution in [0.5, 0.6) is 0 Å². The molecule has 0 heterocycles. The second kappa shape index (κ2) is 10.3. The van der Waals surface area contributed by atoms with E-state index in [0.29, 0.717) is 13.1 Å². The molecule has 0 bridgehead atoms. The third-order valence-electron chi connectivity index (χ3n) is 2.40. The zero-order valence-electron chi connectivity index (χ0n) is 13.2. The molecule has 4 N–H and O–H groups in total. The Bertz CT molecular complexity index is 266. The molecule has 0 rings (SSSR count). The van der Waals surface area contributed by atoms with E-state index in [1.807, 2.05) is 39.6 Å². The summed E-state index contributed by atoms with van der Waals surface area (Å²) in [5.74, 6) is 0. The van der Waals surface area contributed by atoms with Crippen LogP contribution in [0.4, 0.5) is 9.59 Å². The van der Waals surface area contributed by atoms with Crippen molar-refractivity contribution in [1.82, 2.24) is 26.2 Å². The van der Waals surface area contributed by atoms with Gasteiger partial charge in [-0.05, 0) is 34.7 Å². The maximum absolute atomic E-state index is 11.3. The van der Waals surface area contributed by atoms with Crippen LogP contribution >= 0.6 is 0 Å². The highest BCUT2D eigenvalue weighted by molar-refractivity contribution is 5.74. The summed E-state index contributed by atoms with van der Waals surface area (Å²) in [6, 6.07) is -0.0292. The molecule has 0 aromatic heterocycles. The van der Waals surface area contributed by atoms with E-state index in [1.54, 1.807) is 0 Å². The van der Waals surface area contributed by atoms with Gasteiger partial charge in [0, 0.05) is 38.3 Å². The lowest BCUT2D eigenvalue weighted by Gasteiger charge is -2.18. The number of urea groups is 2. The lowest BCUT2D eigenvalue weighted by Crippen LogP contribution is -2.44. The predicted molar refractivity (Wildman–Crippen MR) is 80.8 cm³/mol. The topological polar surface area (TPSA) is 85.5 Å². The Kier molecular flexibility index (Phi) is 9.53. The summed E-state index contributed by atoms with van der Waals surface area (Å²) < 4.78 is 0. The van der Waals surface area contributed by atoms with Gasteiger partial charge >= 0.3 is 12.1 Å². The molecule has 0 radical (unpaired) electrons. The van der Waals surface area contributed by atoms with Crippen molar-refractivity contribution in [2.45, 2.75) is 39.8 Å². The second-order valence-electron chi connectivity index (χ2n) is 5.41. The minimum atomic E-state index is -0.150. The van der Waals surface area contributed by atoms with Gasteiger partial charge < -0.3 is 26.2 Å². The van der Waals surface area contributed by atoms with Crippen molar-refractivity contribution in [1.29, 1.82) is 0 Å². The molecule has 4 amide bonds. The van der Waals surface area contributed by atoms with Crippen LogP contribution in [-0.4, -0.2) is 62.3 Å². The molecular weight excluding hydrogens is 258 g/mol. The van der Waals surface area contributed by atoms with E-state index in [2.05, 4.69) is 21.3 Å². The number of amides is 4. The van der Waals surface area contributed by atoms with Gasteiger partial charge in [-0.3, -0.25) is 0 Å². The zero-order valence-corrected chi connectivity index (χ0v) is 13.2. The minimum absolute atomic E-state index is 0.136. The van der Waals surface area contributed by atoms with Gasteiger partial charge in [0.15, 0.2) is 0 Å². The molecule has 0 atom stereocenters. The third kappa shape index (κ3) is 11.6. The zero-order chi connectivity index (χ0) is 15.5. The van der Waals surface area contributed by atoms with Crippen molar-refractivity contribution >= 4 is 12.1 Å². The van der Waals surface area contributed by atoms with Crippen LogP contribution in [-0.2, 0) is 0 Å². The molecule has 0 spiro atoms. The molecule has 0 aromatic carbocycles. The van der Waals surface area contributed by atoms with Crippen LogP contribution in [0.1, 0.15) is 27.7 Å². The number of rotatable bonds is 8. The van der Waals surface area contributed by atoms with Crippen LogP contribution in [0, 0.1) is 0 Å². The summed E-state index contributed by atoms with van der Waals surface area (Å²) in [5.41, 5.74) is 0. The summed E-state index contributed by atoms with van der Waals surface area (Å²) >= 11 is 0. The summed E-state index contributed by atoms with van der Waals surface area (Å²) in [5, 5.41) is 11.1. The van der Waals surface area contributed by atoms with E-state index in [4.69, 9.17) is 0 Å². The van der Waals surface area contributed by atoms with E-state index >= 15 is 0 Å². The Labute approximate surface area is 121 Å². The monoisotopic (exact) mass is 287 g/mol. The molecule has 0 saturated heterocycles. The van der Waals surface area contributed by atoms with E-state index < -0.39 is 0 Å². The van der Waals surface area contributed by atoms with Crippen molar-refractivity contribution in [2.75, 3.05) is 33.2 Å². The highest BCUT2D eigenvalue weighted by Gasteiger charge is 2.04. The lowest BCUT2D eigenvalue weighted by atomic mass is 10.4. The van der Waals surface area contributed by atoms with Gasteiger partial charge in [-0.25, -0.2) is 9.59 Å². The normalized spacial score (nSPS) is 10.8. The Hall–Kier alpha value is -1.50. The van der Waals surface area contributed by atoms with Crippen LogP contribution in [0.25, 0.3) is 0 Å². The molecule has 20 heavy (non-hydrogen) atoms. The van der Waals surface area contributed by atoms with Crippen molar-refractivity contribution in [3.05, 3.63) is 0 Å².